The molecule has 0 spiro atoms. The van der Waals surface area contributed by atoms with Gasteiger partial charge < -0.3 is 15.2 Å². The average molecular weight is 822 g/mol. The molecule has 3 aliphatic rings. The number of carbonyl (C=O) groups excluding carboxylic acids is 3. The van der Waals surface area contributed by atoms with Crippen LogP contribution in [0.4, 0.5) is 14.5 Å². The number of benzene rings is 2. The Morgan fingerprint density at radius 3 is 2.50 bits per heavy atom. The molecule has 0 bridgehead atoms. The average Bonchev–Trinajstić information content (AvgIpc) is 3.84. The molecule has 2 atom stereocenters. The van der Waals surface area contributed by atoms with Gasteiger partial charge in [0.05, 0.1) is 47.0 Å². The van der Waals surface area contributed by atoms with Gasteiger partial charge in [-0.3, -0.25) is 34.2 Å². The van der Waals surface area contributed by atoms with Crippen LogP contribution in [0.3, 0.4) is 0 Å². The van der Waals surface area contributed by atoms with Crippen LogP contribution in [0.2, 0.25) is 0 Å². The topological polar surface area (TPSA) is 170 Å². The van der Waals surface area contributed by atoms with Gasteiger partial charge in [-0.15, -0.1) is 0 Å². The lowest BCUT2D eigenvalue weighted by atomic mass is 9.88. The van der Waals surface area contributed by atoms with Gasteiger partial charge in [-0.2, -0.15) is 15.5 Å². The number of aromatic nitrogens is 4. The van der Waals surface area contributed by atoms with Gasteiger partial charge in [0.15, 0.2) is 0 Å². The van der Waals surface area contributed by atoms with Crippen molar-refractivity contribution in [2.24, 2.45) is 0 Å². The first-order valence-corrected chi connectivity index (χ1v) is 20.5. The molecule has 8 rings (SSSR count). The van der Waals surface area contributed by atoms with E-state index in [4.69, 9.17) is 9.84 Å². The van der Waals surface area contributed by atoms with E-state index in [-0.39, 0.29) is 30.5 Å². The molecule has 16 heteroatoms. The summed E-state index contributed by atoms with van der Waals surface area (Å²) >= 11 is 0. The first-order valence-electron chi connectivity index (χ1n) is 20.5. The molecule has 1 saturated carbocycles. The molecule has 2 saturated heterocycles. The third-order valence-corrected chi connectivity index (χ3v) is 12.4. The van der Waals surface area contributed by atoms with Gasteiger partial charge in [0.25, 0.3) is 5.91 Å². The Morgan fingerprint density at radius 2 is 1.80 bits per heavy atom. The number of nitrogens with zero attached hydrogens (tertiary/aromatic N) is 7. The van der Waals surface area contributed by atoms with E-state index >= 15 is 8.78 Å². The summed E-state index contributed by atoms with van der Waals surface area (Å²) in [6.45, 7) is 6.94. The second-order valence-corrected chi connectivity index (χ2v) is 16.8. The largest absolute Gasteiger partial charge is 0.386 e. The van der Waals surface area contributed by atoms with Crippen LogP contribution in [-0.4, -0.2) is 104 Å². The number of halogens is 2. The first kappa shape index (κ1) is 41.1. The molecular formula is C44H49F2N9O5. The van der Waals surface area contributed by atoms with Gasteiger partial charge in [0.1, 0.15) is 23.4 Å². The zero-order valence-corrected chi connectivity index (χ0v) is 34.0. The molecule has 314 valence electrons. The second-order valence-electron chi connectivity index (χ2n) is 16.8. The third-order valence-electron chi connectivity index (χ3n) is 12.4. The normalized spacial score (nSPS) is 21.9. The number of imide groups is 1. The van der Waals surface area contributed by atoms with Crippen molar-refractivity contribution in [2.75, 3.05) is 45.2 Å². The monoisotopic (exact) mass is 821 g/mol. The number of hydrogen-bond donors (Lipinski definition) is 3. The van der Waals surface area contributed by atoms with Gasteiger partial charge in [-0.25, -0.2) is 13.3 Å². The van der Waals surface area contributed by atoms with Crippen LogP contribution in [-0.2, 0) is 26.3 Å². The molecule has 60 heavy (non-hydrogen) atoms. The number of nitrogens with one attached hydrogen (secondary N) is 2. The number of carbonyl (C=O) groups is 3. The summed E-state index contributed by atoms with van der Waals surface area (Å²) in [5.74, 6) is -4.05. The van der Waals surface area contributed by atoms with Crippen molar-refractivity contribution in [2.45, 2.75) is 88.4 Å². The fraction of sp³-hybridized carbons (Fsp3) is 0.455. The fourth-order valence-corrected chi connectivity index (χ4v) is 9.24. The van der Waals surface area contributed by atoms with E-state index in [1.807, 2.05) is 23.0 Å². The number of aliphatic hydroxyl groups is 1. The maximum atomic E-state index is 15.2. The van der Waals surface area contributed by atoms with Crippen molar-refractivity contribution in [3.8, 4) is 6.07 Å². The number of fused-ring (bicyclic) bond motifs is 2. The summed E-state index contributed by atoms with van der Waals surface area (Å²) in [7, 11) is 1.69. The number of anilines is 1. The zero-order valence-electron chi connectivity index (χ0n) is 34.0. The number of methoxy groups -OCH3 is 1. The summed E-state index contributed by atoms with van der Waals surface area (Å²) in [6, 6.07) is 14.1. The molecule has 0 radical (unpaired) electrons. The van der Waals surface area contributed by atoms with Gasteiger partial charge >= 0.3 is 0 Å². The van der Waals surface area contributed by atoms with Gasteiger partial charge in [0.2, 0.25) is 11.8 Å². The molecule has 3 N–H and O–H groups in total. The number of ether oxygens (including phenoxy) is 1. The van der Waals surface area contributed by atoms with Crippen LogP contribution in [0.1, 0.15) is 97.1 Å². The number of piperazine rings is 1. The Labute approximate surface area is 346 Å². The molecule has 3 aromatic heterocycles. The van der Waals surface area contributed by atoms with E-state index in [9.17, 15) is 24.8 Å². The van der Waals surface area contributed by atoms with Crippen LogP contribution in [0.15, 0.2) is 54.9 Å². The quantitative estimate of drug-likeness (QED) is 0.151. The highest BCUT2D eigenvalue weighted by atomic mass is 19.1. The lowest BCUT2D eigenvalue weighted by molar-refractivity contribution is -0.134. The van der Waals surface area contributed by atoms with Crippen molar-refractivity contribution in [3.05, 3.63) is 94.4 Å². The number of piperidine rings is 1. The maximum Gasteiger partial charge on any atom is 0.274 e. The maximum absolute atomic E-state index is 15.2. The molecule has 2 aromatic carbocycles. The minimum atomic E-state index is -1.27. The van der Waals surface area contributed by atoms with Crippen molar-refractivity contribution in [3.63, 3.8) is 0 Å². The highest BCUT2D eigenvalue weighted by Crippen LogP contribution is 2.36. The SMILES string of the molecule is COC[C@@H]1CN(C2CCC(n3cc4cc(NC(=O)c5ccc6cc(C#N)cnn56)c(C(C)(C)O)cc4n3)CC2)CCN1CCc1cc(F)c([C@H]2CCC(=O)NC2=O)c(F)c1. The molecule has 3 amide bonds. The molecule has 5 aromatic rings. The van der Waals surface area contributed by atoms with Crippen LogP contribution in [0, 0.1) is 23.0 Å². The van der Waals surface area contributed by atoms with E-state index in [0.717, 1.165) is 56.2 Å². The number of hydrogen-bond acceptors (Lipinski definition) is 10. The smallest absolute Gasteiger partial charge is 0.274 e. The first-order chi connectivity index (χ1) is 28.8. The van der Waals surface area contributed by atoms with E-state index in [2.05, 4.69) is 31.6 Å². The molecule has 1 aliphatic carbocycles. The highest BCUT2D eigenvalue weighted by Gasteiger charge is 2.35. The minimum absolute atomic E-state index is 0.0457. The molecule has 0 unspecified atom stereocenters. The van der Waals surface area contributed by atoms with Crippen LogP contribution in [0.25, 0.3) is 16.4 Å². The van der Waals surface area contributed by atoms with E-state index < -0.39 is 40.9 Å². The van der Waals surface area contributed by atoms with Crippen molar-refractivity contribution < 1.29 is 33.0 Å². The summed E-state index contributed by atoms with van der Waals surface area (Å²) in [4.78, 5) is 42.3. The highest BCUT2D eigenvalue weighted by molar-refractivity contribution is 6.05. The van der Waals surface area contributed by atoms with Gasteiger partial charge in [-0.1, -0.05) is 0 Å². The lowest BCUT2D eigenvalue weighted by Gasteiger charge is -2.46. The van der Waals surface area contributed by atoms with Crippen molar-refractivity contribution in [1.82, 2.24) is 34.5 Å². The number of rotatable bonds is 11. The predicted molar refractivity (Wildman–Crippen MR) is 218 cm³/mol. The minimum Gasteiger partial charge on any atom is -0.386 e. The Bertz CT molecular complexity index is 2470. The predicted octanol–water partition coefficient (Wildman–Crippen LogP) is 5.19. The second kappa shape index (κ2) is 16.8. The third kappa shape index (κ3) is 8.40. The molecule has 14 nitrogen and oxygen atoms in total. The molecule has 3 fully saturated rings. The lowest BCUT2D eigenvalue weighted by Crippen LogP contribution is -2.58. The Hall–Kier alpha value is -5.60. The zero-order chi connectivity index (χ0) is 42.3. The Kier molecular flexibility index (Phi) is 11.5. The summed E-state index contributed by atoms with van der Waals surface area (Å²) in [5.41, 5.74) is 2.00. The Morgan fingerprint density at radius 1 is 1.05 bits per heavy atom. The van der Waals surface area contributed by atoms with Crippen LogP contribution >= 0.6 is 0 Å². The van der Waals surface area contributed by atoms with E-state index in [1.54, 1.807) is 39.2 Å². The summed E-state index contributed by atoms with van der Waals surface area (Å²) in [5, 5.41) is 35.6. The number of nitriles is 1. The van der Waals surface area contributed by atoms with E-state index in [0.29, 0.717) is 59.2 Å². The van der Waals surface area contributed by atoms with Crippen LogP contribution in [0.5, 0.6) is 0 Å². The van der Waals surface area contributed by atoms with E-state index in [1.165, 1.54) is 22.8 Å². The summed E-state index contributed by atoms with van der Waals surface area (Å²) in [6.07, 6.45) is 7.83. The number of amides is 3. The Balaban J connectivity index is 0.892. The van der Waals surface area contributed by atoms with Gasteiger partial charge in [0, 0.05) is 80.2 Å². The van der Waals surface area contributed by atoms with Crippen molar-refractivity contribution >= 4 is 39.8 Å². The molecule has 5 heterocycles. The fourth-order valence-electron chi connectivity index (χ4n) is 9.24. The van der Waals surface area contributed by atoms with Crippen molar-refractivity contribution in [1.29, 1.82) is 5.26 Å². The molecule has 2 aliphatic heterocycles. The van der Waals surface area contributed by atoms with Crippen LogP contribution < -0.4 is 10.6 Å². The summed E-state index contributed by atoms with van der Waals surface area (Å²) < 4.78 is 39.6. The molecular weight excluding hydrogens is 773 g/mol. The van der Waals surface area contributed by atoms with Gasteiger partial charge in [-0.05, 0) is 100 Å². The standard InChI is InChI=1S/C44H49F2N9O5/c1-44(2,59)34-20-37-28(19-38(34)49-43(58)39-10-8-31-16-27(21-47)22-48-55(31)39)23-54(51-37)30-6-4-29(5-7-30)53-15-14-52(32(24-53)25-60-3)13-12-26-17-35(45)41(36(46)18-26)33-9-11-40(56)50-42(33)57/h8,10,16-20,22-23,29-30,32-33,59H,4-7,9,11-15,24-25H2,1-3H3,(H,49,58)(H,50,56,57)/t29?,30?,32-,33+/m0/s1.